The van der Waals surface area contributed by atoms with Crippen molar-refractivity contribution in [1.29, 1.82) is 0 Å². The van der Waals surface area contributed by atoms with Crippen molar-refractivity contribution >= 4 is 46.3 Å². The topological polar surface area (TPSA) is 58.4 Å². The summed E-state index contributed by atoms with van der Waals surface area (Å²) in [4.78, 5) is 13.6. The van der Waals surface area contributed by atoms with Gasteiger partial charge in [0.1, 0.15) is 0 Å². The molecule has 2 amide bonds. The van der Waals surface area contributed by atoms with Gasteiger partial charge < -0.3 is 11.1 Å². The summed E-state index contributed by atoms with van der Waals surface area (Å²) in [6.07, 6.45) is 0. The number of nitrogens with zero attached hydrogens (tertiary/aromatic N) is 1. The molecule has 2 aromatic rings. The molecule has 2 rings (SSSR count). The second-order valence-corrected chi connectivity index (χ2v) is 5.02. The average molecular weight is 310 g/mol. The summed E-state index contributed by atoms with van der Waals surface area (Å²) in [5, 5.41) is 3.57. The van der Waals surface area contributed by atoms with Crippen LogP contribution in [0.4, 0.5) is 21.9 Å². The molecule has 0 bridgehead atoms. The second kappa shape index (κ2) is 6.03. The Labute approximate surface area is 127 Å². The number of nitrogen functional groups attached to an aromatic ring is 1. The number of nitrogens with two attached hydrogens (primary N) is 1. The van der Waals surface area contributed by atoms with Crippen LogP contribution in [0.3, 0.4) is 0 Å². The van der Waals surface area contributed by atoms with Gasteiger partial charge in [0.15, 0.2) is 0 Å². The molecule has 0 fully saturated rings. The Morgan fingerprint density at radius 2 is 1.75 bits per heavy atom. The van der Waals surface area contributed by atoms with Crippen molar-refractivity contribution in [3.05, 3.63) is 52.5 Å². The number of hydrogen-bond donors (Lipinski definition) is 2. The van der Waals surface area contributed by atoms with Gasteiger partial charge in [0.05, 0.1) is 10.0 Å². The minimum Gasteiger partial charge on any atom is -0.399 e. The number of benzene rings is 2. The lowest BCUT2D eigenvalue weighted by molar-refractivity contribution is 0.258. The minimum atomic E-state index is -0.284. The fourth-order valence-electron chi connectivity index (χ4n) is 1.60. The van der Waals surface area contributed by atoms with Crippen LogP contribution in [0.1, 0.15) is 0 Å². The Morgan fingerprint density at radius 1 is 1.10 bits per heavy atom. The van der Waals surface area contributed by atoms with Crippen LogP contribution in [-0.4, -0.2) is 13.1 Å². The van der Waals surface area contributed by atoms with E-state index < -0.39 is 0 Å². The number of anilines is 3. The lowest BCUT2D eigenvalue weighted by Crippen LogP contribution is -2.31. The fraction of sp³-hybridized carbons (Fsp3) is 0.0714. The van der Waals surface area contributed by atoms with Crippen molar-refractivity contribution in [2.45, 2.75) is 0 Å². The molecule has 0 atom stereocenters. The highest BCUT2D eigenvalue weighted by molar-refractivity contribution is 6.42. The van der Waals surface area contributed by atoms with E-state index in [1.54, 1.807) is 49.5 Å². The van der Waals surface area contributed by atoms with E-state index in [-0.39, 0.29) is 6.03 Å². The number of carbonyl (C=O) groups excluding carboxylic acids is 1. The number of nitrogens with one attached hydrogen (secondary N) is 1. The Bertz CT molecular complexity index is 629. The van der Waals surface area contributed by atoms with Gasteiger partial charge in [-0.15, -0.1) is 0 Å². The highest BCUT2D eigenvalue weighted by atomic mass is 35.5. The maximum Gasteiger partial charge on any atom is 0.326 e. The molecular formula is C14H13Cl2N3O. The van der Waals surface area contributed by atoms with Crippen molar-refractivity contribution in [3.8, 4) is 0 Å². The second-order valence-electron chi connectivity index (χ2n) is 4.21. The summed E-state index contributed by atoms with van der Waals surface area (Å²) in [5.41, 5.74) is 7.57. The Kier molecular flexibility index (Phi) is 4.37. The molecule has 0 aromatic heterocycles. The molecule has 0 spiro atoms. The van der Waals surface area contributed by atoms with Gasteiger partial charge in [-0.25, -0.2) is 4.79 Å². The first-order valence-electron chi connectivity index (χ1n) is 5.82. The van der Waals surface area contributed by atoms with Gasteiger partial charge >= 0.3 is 6.03 Å². The van der Waals surface area contributed by atoms with Gasteiger partial charge in [0.2, 0.25) is 0 Å². The molecule has 20 heavy (non-hydrogen) atoms. The van der Waals surface area contributed by atoms with Crippen molar-refractivity contribution in [2.24, 2.45) is 0 Å². The third-order valence-corrected chi connectivity index (χ3v) is 3.49. The standard InChI is InChI=1S/C14H13Cl2N3O/c1-19(11-5-2-9(17)3-6-11)14(20)18-10-4-7-12(15)13(16)8-10/h2-8H,17H2,1H3,(H,18,20). The van der Waals surface area contributed by atoms with E-state index in [1.165, 1.54) is 4.90 Å². The van der Waals surface area contributed by atoms with E-state index in [2.05, 4.69) is 5.32 Å². The number of carbonyl (C=O) groups is 1. The molecule has 0 saturated carbocycles. The van der Waals surface area contributed by atoms with Gasteiger partial charge in [0.25, 0.3) is 0 Å². The third kappa shape index (κ3) is 3.35. The summed E-state index contributed by atoms with van der Waals surface area (Å²) >= 11 is 11.7. The molecule has 0 saturated heterocycles. The van der Waals surface area contributed by atoms with Crippen LogP contribution in [0.25, 0.3) is 0 Å². The van der Waals surface area contributed by atoms with Gasteiger partial charge in [-0.1, -0.05) is 23.2 Å². The molecule has 4 nitrogen and oxygen atoms in total. The number of amides is 2. The highest BCUT2D eigenvalue weighted by Gasteiger charge is 2.11. The Balaban J connectivity index is 2.11. The van der Waals surface area contributed by atoms with Gasteiger partial charge in [-0.2, -0.15) is 0 Å². The maximum atomic E-state index is 12.1. The maximum absolute atomic E-state index is 12.1. The van der Waals surface area contributed by atoms with E-state index in [0.29, 0.717) is 21.4 Å². The molecule has 3 N–H and O–H groups in total. The number of hydrogen-bond acceptors (Lipinski definition) is 2. The predicted molar refractivity (Wildman–Crippen MR) is 84.7 cm³/mol. The van der Waals surface area contributed by atoms with E-state index in [1.807, 2.05) is 0 Å². The average Bonchev–Trinajstić information content (AvgIpc) is 2.43. The highest BCUT2D eigenvalue weighted by Crippen LogP contribution is 2.25. The molecule has 0 heterocycles. The largest absolute Gasteiger partial charge is 0.399 e. The zero-order valence-corrected chi connectivity index (χ0v) is 12.2. The summed E-state index contributed by atoms with van der Waals surface area (Å²) in [7, 11) is 1.67. The first-order chi connectivity index (χ1) is 9.47. The third-order valence-electron chi connectivity index (χ3n) is 2.76. The molecular weight excluding hydrogens is 297 g/mol. The van der Waals surface area contributed by atoms with Crippen molar-refractivity contribution in [1.82, 2.24) is 0 Å². The molecule has 2 aromatic carbocycles. The van der Waals surface area contributed by atoms with Crippen LogP contribution in [0, 0.1) is 0 Å². The Hall–Kier alpha value is -1.91. The summed E-state index contributed by atoms with van der Waals surface area (Å²) in [6, 6.07) is 11.6. The summed E-state index contributed by atoms with van der Waals surface area (Å²) in [5.74, 6) is 0. The van der Waals surface area contributed by atoms with Gasteiger partial charge in [-0.05, 0) is 42.5 Å². The van der Waals surface area contributed by atoms with Crippen molar-refractivity contribution in [2.75, 3.05) is 23.0 Å². The lowest BCUT2D eigenvalue weighted by Gasteiger charge is -2.18. The van der Waals surface area contributed by atoms with Gasteiger partial charge in [0, 0.05) is 24.1 Å². The first kappa shape index (κ1) is 14.5. The van der Waals surface area contributed by atoms with Crippen LogP contribution in [0.5, 0.6) is 0 Å². The molecule has 104 valence electrons. The normalized spacial score (nSPS) is 10.2. The number of halogens is 2. The fourth-order valence-corrected chi connectivity index (χ4v) is 1.89. The van der Waals surface area contributed by atoms with E-state index >= 15 is 0 Å². The number of rotatable bonds is 2. The van der Waals surface area contributed by atoms with Crippen LogP contribution in [0.2, 0.25) is 10.0 Å². The Morgan fingerprint density at radius 3 is 2.35 bits per heavy atom. The number of urea groups is 1. The van der Waals surface area contributed by atoms with Crippen molar-refractivity contribution in [3.63, 3.8) is 0 Å². The zero-order valence-electron chi connectivity index (χ0n) is 10.7. The van der Waals surface area contributed by atoms with E-state index in [9.17, 15) is 4.79 Å². The first-order valence-corrected chi connectivity index (χ1v) is 6.58. The molecule has 0 radical (unpaired) electrons. The van der Waals surface area contributed by atoms with Crippen LogP contribution in [-0.2, 0) is 0 Å². The van der Waals surface area contributed by atoms with Gasteiger partial charge in [-0.3, -0.25) is 4.90 Å². The van der Waals surface area contributed by atoms with Crippen LogP contribution >= 0.6 is 23.2 Å². The van der Waals surface area contributed by atoms with Crippen LogP contribution in [0.15, 0.2) is 42.5 Å². The smallest absolute Gasteiger partial charge is 0.326 e. The lowest BCUT2D eigenvalue weighted by atomic mass is 10.2. The quantitative estimate of drug-likeness (QED) is 0.815. The summed E-state index contributed by atoms with van der Waals surface area (Å²) < 4.78 is 0. The predicted octanol–water partition coefficient (Wildman–Crippen LogP) is 4.24. The molecule has 0 aliphatic rings. The molecule has 6 heteroatoms. The zero-order chi connectivity index (χ0) is 14.7. The molecule has 0 aliphatic heterocycles. The monoisotopic (exact) mass is 309 g/mol. The van der Waals surface area contributed by atoms with Crippen molar-refractivity contribution < 1.29 is 4.79 Å². The van der Waals surface area contributed by atoms with Crippen LogP contribution < -0.4 is 16.0 Å². The summed E-state index contributed by atoms with van der Waals surface area (Å²) in [6.45, 7) is 0. The molecule has 0 unspecified atom stereocenters. The molecule has 0 aliphatic carbocycles. The van der Waals surface area contributed by atoms with E-state index in [0.717, 1.165) is 5.69 Å². The van der Waals surface area contributed by atoms with E-state index in [4.69, 9.17) is 28.9 Å². The SMILES string of the molecule is CN(C(=O)Nc1ccc(Cl)c(Cl)c1)c1ccc(N)cc1. The minimum absolute atomic E-state index is 0.284.